The number of imidazole rings is 1. The van der Waals surface area contributed by atoms with Crippen molar-refractivity contribution in [3.63, 3.8) is 0 Å². The lowest BCUT2D eigenvalue weighted by Crippen LogP contribution is -2.12. The number of nitrogens with zero attached hydrogens (tertiary/aromatic N) is 2. The molecule has 0 aliphatic rings. The highest BCUT2D eigenvalue weighted by Gasteiger charge is 2.12. The summed E-state index contributed by atoms with van der Waals surface area (Å²) in [5.41, 5.74) is 1.69. The second kappa shape index (κ2) is 6.39. The van der Waals surface area contributed by atoms with Gasteiger partial charge in [-0.3, -0.25) is 4.79 Å². The topological polar surface area (TPSA) is 64.9 Å². The molecule has 118 valence electrons. The predicted octanol–water partition coefficient (Wildman–Crippen LogP) is 2.99. The quantitative estimate of drug-likeness (QED) is 0.786. The highest BCUT2D eigenvalue weighted by Crippen LogP contribution is 2.30. The number of hydrogen-bond acceptors (Lipinski definition) is 4. The first kappa shape index (κ1) is 14.9. The van der Waals surface area contributed by atoms with Gasteiger partial charge in [0.1, 0.15) is 11.3 Å². The smallest absolute Gasteiger partial charge is 0.275 e. The molecule has 0 saturated heterocycles. The molecule has 6 nitrogen and oxygen atoms in total. The van der Waals surface area contributed by atoms with Crippen LogP contribution in [0, 0.1) is 0 Å². The van der Waals surface area contributed by atoms with Gasteiger partial charge in [0, 0.05) is 24.1 Å². The highest BCUT2D eigenvalue weighted by molar-refractivity contribution is 6.03. The lowest BCUT2D eigenvalue weighted by atomic mass is 10.2. The third-order valence-electron chi connectivity index (χ3n) is 3.32. The largest absolute Gasteiger partial charge is 0.493 e. The Morgan fingerprint density at radius 1 is 1.26 bits per heavy atom. The summed E-state index contributed by atoms with van der Waals surface area (Å²) >= 11 is 0. The maximum Gasteiger partial charge on any atom is 0.275 e. The van der Waals surface area contributed by atoms with Gasteiger partial charge in [0.25, 0.3) is 5.91 Å². The minimum absolute atomic E-state index is 0.278. The van der Waals surface area contributed by atoms with Gasteiger partial charge in [-0.15, -0.1) is 0 Å². The molecule has 0 atom stereocenters. The average molecular weight is 311 g/mol. The van der Waals surface area contributed by atoms with Crippen molar-refractivity contribution < 1.29 is 14.3 Å². The molecule has 6 heteroatoms. The summed E-state index contributed by atoms with van der Waals surface area (Å²) in [6.07, 6.45) is 3.54. The molecule has 1 N–H and O–H groups in total. The number of nitrogens with one attached hydrogen (secondary N) is 1. The zero-order chi connectivity index (χ0) is 16.2. The van der Waals surface area contributed by atoms with E-state index in [4.69, 9.17) is 9.47 Å². The maximum absolute atomic E-state index is 12.3. The first-order valence-corrected chi connectivity index (χ1v) is 7.27. The number of pyridine rings is 1. The molecule has 3 rings (SSSR count). The van der Waals surface area contributed by atoms with Crippen LogP contribution < -0.4 is 14.8 Å². The Labute approximate surface area is 133 Å². The second-order valence-corrected chi connectivity index (χ2v) is 4.85. The Hall–Kier alpha value is -3.02. The van der Waals surface area contributed by atoms with Crippen molar-refractivity contribution in [3.05, 3.63) is 54.5 Å². The Morgan fingerprint density at radius 3 is 2.87 bits per heavy atom. The molecule has 2 heterocycles. The van der Waals surface area contributed by atoms with Gasteiger partial charge in [-0.2, -0.15) is 0 Å². The van der Waals surface area contributed by atoms with Gasteiger partial charge in [0.05, 0.1) is 13.7 Å². The second-order valence-electron chi connectivity index (χ2n) is 4.85. The minimum atomic E-state index is -0.278. The van der Waals surface area contributed by atoms with E-state index in [0.717, 1.165) is 5.65 Å². The van der Waals surface area contributed by atoms with E-state index in [2.05, 4.69) is 10.3 Å². The molecule has 0 aliphatic carbocycles. The number of benzene rings is 1. The number of aromatic nitrogens is 2. The Kier molecular flexibility index (Phi) is 4.14. The minimum Gasteiger partial charge on any atom is -0.493 e. The average Bonchev–Trinajstić information content (AvgIpc) is 3.00. The van der Waals surface area contributed by atoms with Crippen LogP contribution in [0.1, 0.15) is 17.4 Å². The molecular weight excluding hydrogens is 294 g/mol. The number of carbonyl (C=O) groups is 1. The van der Waals surface area contributed by atoms with Crippen molar-refractivity contribution in [2.24, 2.45) is 0 Å². The normalized spacial score (nSPS) is 10.5. The van der Waals surface area contributed by atoms with Crippen LogP contribution in [-0.2, 0) is 0 Å². The fraction of sp³-hybridized carbons (Fsp3) is 0.176. The number of anilines is 1. The van der Waals surface area contributed by atoms with Gasteiger partial charge in [-0.05, 0) is 31.2 Å². The Bertz CT molecular complexity index is 809. The Morgan fingerprint density at radius 2 is 2.13 bits per heavy atom. The van der Waals surface area contributed by atoms with Crippen molar-refractivity contribution in [2.45, 2.75) is 6.92 Å². The van der Waals surface area contributed by atoms with Crippen molar-refractivity contribution in [1.29, 1.82) is 0 Å². The number of hydrogen-bond donors (Lipinski definition) is 1. The van der Waals surface area contributed by atoms with Gasteiger partial charge in [-0.25, -0.2) is 4.98 Å². The number of methoxy groups -OCH3 is 1. The van der Waals surface area contributed by atoms with E-state index in [-0.39, 0.29) is 5.91 Å². The van der Waals surface area contributed by atoms with Crippen molar-refractivity contribution in [1.82, 2.24) is 9.38 Å². The van der Waals surface area contributed by atoms with Crippen LogP contribution in [-0.4, -0.2) is 29.0 Å². The zero-order valence-corrected chi connectivity index (χ0v) is 12.9. The van der Waals surface area contributed by atoms with Crippen LogP contribution in [0.4, 0.5) is 5.69 Å². The van der Waals surface area contributed by atoms with E-state index >= 15 is 0 Å². The molecule has 0 aliphatic heterocycles. The maximum atomic E-state index is 12.3. The van der Waals surface area contributed by atoms with Crippen LogP contribution in [0.15, 0.2) is 48.8 Å². The highest BCUT2D eigenvalue weighted by atomic mass is 16.5. The Balaban J connectivity index is 1.82. The van der Waals surface area contributed by atoms with E-state index in [1.807, 2.05) is 31.3 Å². The van der Waals surface area contributed by atoms with Gasteiger partial charge in [-0.1, -0.05) is 6.07 Å². The number of amides is 1. The van der Waals surface area contributed by atoms with Gasteiger partial charge in [0.2, 0.25) is 0 Å². The summed E-state index contributed by atoms with van der Waals surface area (Å²) < 4.78 is 12.5. The van der Waals surface area contributed by atoms with Gasteiger partial charge in [0.15, 0.2) is 11.5 Å². The summed E-state index contributed by atoms with van der Waals surface area (Å²) in [6, 6.07) is 10.9. The first-order valence-electron chi connectivity index (χ1n) is 7.27. The number of ether oxygens (including phenoxy) is 2. The standard InChI is InChI=1S/C17H17N3O3/c1-3-23-14-8-7-12(10-15(14)22-2)18-17(21)13-11-20-9-5-4-6-16(20)19-13/h4-11H,3H2,1-2H3,(H,18,21). The SMILES string of the molecule is CCOc1ccc(NC(=O)c2cn3ccccc3n2)cc1OC. The molecule has 0 fully saturated rings. The van der Waals surface area contributed by atoms with E-state index in [0.29, 0.717) is 29.5 Å². The third kappa shape index (κ3) is 3.11. The molecule has 1 amide bonds. The van der Waals surface area contributed by atoms with Crippen molar-refractivity contribution in [2.75, 3.05) is 19.0 Å². The molecule has 0 bridgehead atoms. The molecule has 1 aromatic carbocycles. The van der Waals surface area contributed by atoms with E-state index < -0.39 is 0 Å². The van der Waals surface area contributed by atoms with Crippen LogP contribution in [0.5, 0.6) is 11.5 Å². The summed E-state index contributed by atoms with van der Waals surface area (Å²) in [7, 11) is 1.56. The van der Waals surface area contributed by atoms with Crippen LogP contribution in [0.25, 0.3) is 5.65 Å². The number of carbonyl (C=O) groups excluding carboxylic acids is 1. The van der Waals surface area contributed by atoms with E-state index in [1.165, 1.54) is 0 Å². The number of fused-ring (bicyclic) bond motifs is 1. The summed E-state index contributed by atoms with van der Waals surface area (Å²) in [5, 5.41) is 2.81. The predicted molar refractivity (Wildman–Crippen MR) is 87.3 cm³/mol. The lowest BCUT2D eigenvalue weighted by molar-refractivity contribution is 0.102. The van der Waals surface area contributed by atoms with Crippen LogP contribution >= 0.6 is 0 Å². The molecular formula is C17H17N3O3. The zero-order valence-electron chi connectivity index (χ0n) is 12.9. The first-order chi connectivity index (χ1) is 11.2. The lowest BCUT2D eigenvalue weighted by Gasteiger charge is -2.11. The molecule has 3 aromatic rings. The van der Waals surface area contributed by atoms with Crippen LogP contribution in [0.2, 0.25) is 0 Å². The molecule has 0 spiro atoms. The molecule has 2 aromatic heterocycles. The fourth-order valence-corrected chi connectivity index (χ4v) is 2.26. The van der Waals surface area contributed by atoms with E-state index in [1.54, 1.807) is 35.9 Å². The molecule has 23 heavy (non-hydrogen) atoms. The van der Waals surface area contributed by atoms with Gasteiger partial charge < -0.3 is 19.2 Å². The van der Waals surface area contributed by atoms with Gasteiger partial charge >= 0.3 is 0 Å². The summed E-state index contributed by atoms with van der Waals surface area (Å²) in [4.78, 5) is 16.6. The molecule has 0 radical (unpaired) electrons. The third-order valence-corrected chi connectivity index (χ3v) is 3.32. The van der Waals surface area contributed by atoms with Crippen LogP contribution in [0.3, 0.4) is 0 Å². The number of rotatable bonds is 5. The summed E-state index contributed by atoms with van der Waals surface area (Å²) in [5.74, 6) is 0.931. The molecule has 0 saturated carbocycles. The van der Waals surface area contributed by atoms with Crippen molar-refractivity contribution >= 4 is 17.2 Å². The van der Waals surface area contributed by atoms with Crippen molar-refractivity contribution in [3.8, 4) is 11.5 Å². The van der Waals surface area contributed by atoms with E-state index in [9.17, 15) is 4.79 Å². The summed E-state index contributed by atoms with van der Waals surface area (Å²) in [6.45, 7) is 2.45. The molecule has 0 unspecified atom stereocenters. The fourth-order valence-electron chi connectivity index (χ4n) is 2.26. The monoisotopic (exact) mass is 311 g/mol.